The third-order valence-electron chi connectivity index (χ3n) is 2.41. The van der Waals surface area contributed by atoms with Crippen LogP contribution in [0.2, 0.25) is 0 Å². The average Bonchev–Trinajstić information content (AvgIpc) is 2.46. The number of nitrogens with two attached hydrogens (primary N) is 1. The highest BCUT2D eigenvalue weighted by molar-refractivity contribution is 5.41. The molecule has 6 nitrogen and oxygen atoms in total. The van der Waals surface area contributed by atoms with Gasteiger partial charge in [-0.3, -0.25) is 0 Å². The van der Waals surface area contributed by atoms with Gasteiger partial charge in [-0.15, -0.1) is 0 Å². The summed E-state index contributed by atoms with van der Waals surface area (Å²) in [6, 6.07) is 9.01. The molecule has 19 heavy (non-hydrogen) atoms. The first-order valence-electron chi connectivity index (χ1n) is 5.86. The van der Waals surface area contributed by atoms with Gasteiger partial charge in [0.1, 0.15) is 24.5 Å². The molecular weight excluding hydrogens is 244 g/mol. The van der Waals surface area contributed by atoms with E-state index in [0.717, 1.165) is 11.4 Å². The second-order valence-electron chi connectivity index (χ2n) is 3.79. The summed E-state index contributed by atoms with van der Waals surface area (Å²) in [4.78, 5) is 7.99. The number of hydrogen-bond donors (Lipinski definition) is 2. The third kappa shape index (κ3) is 4.02. The van der Waals surface area contributed by atoms with Crippen LogP contribution in [0.15, 0.2) is 36.7 Å². The summed E-state index contributed by atoms with van der Waals surface area (Å²) in [5.41, 5.74) is 6.31. The Kier molecular flexibility index (Phi) is 4.39. The number of nitrogens with one attached hydrogen (secondary N) is 1. The van der Waals surface area contributed by atoms with Crippen LogP contribution in [0.4, 0.5) is 11.5 Å². The summed E-state index contributed by atoms with van der Waals surface area (Å²) >= 11 is 0. The second kappa shape index (κ2) is 6.44. The smallest absolute Gasteiger partial charge is 0.218 e. The molecule has 0 aliphatic heterocycles. The highest BCUT2D eigenvalue weighted by Gasteiger charge is 1.98. The Bertz CT molecular complexity index is 516. The van der Waals surface area contributed by atoms with Gasteiger partial charge in [-0.2, -0.15) is 0 Å². The minimum atomic E-state index is 0.524. The second-order valence-corrected chi connectivity index (χ2v) is 3.79. The number of ether oxygens (including phenoxy) is 2. The van der Waals surface area contributed by atoms with E-state index in [1.54, 1.807) is 25.3 Å². The topological polar surface area (TPSA) is 82.3 Å². The molecule has 0 spiro atoms. The molecule has 0 amide bonds. The van der Waals surface area contributed by atoms with Crippen molar-refractivity contribution in [2.24, 2.45) is 0 Å². The van der Waals surface area contributed by atoms with Gasteiger partial charge in [0, 0.05) is 11.8 Å². The third-order valence-corrected chi connectivity index (χ3v) is 2.41. The molecule has 0 atom stereocenters. The summed E-state index contributed by atoms with van der Waals surface area (Å²) < 4.78 is 10.6. The quantitative estimate of drug-likeness (QED) is 0.606. The lowest BCUT2D eigenvalue weighted by molar-refractivity contribution is 0.332. The SMILES string of the molecule is COc1cc(NCCOc2ccc(N)cc2)ncn1. The van der Waals surface area contributed by atoms with Crippen molar-refractivity contribution in [3.05, 3.63) is 36.7 Å². The minimum absolute atomic E-state index is 0.524. The van der Waals surface area contributed by atoms with E-state index >= 15 is 0 Å². The van der Waals surface area contributed by atoms with Crippen LogP contribution in [-0.2, 0) is 0 Å². The molecule has 1 aromatic carbocycles. The van der Waals surface area contributed by atoms with E-state index in [0.29, 0.717) is 24.8 Å². The number of nitrogen functional groups attached to an aromatic ring is 1. The highest BCUT2D eigenvalue weighted by Crippen LogP contribution is 2.13. The monoisotopic (exact) mass is 260 g/mol. The largest absolute Gasteiger partial charge is 0.492 e. The zero-order valence-corrected chi connectivity index (χ0v) is 10.7. The van der Waals surface area contributed by atoms with Gasteiger partial charge in [-0.1, -0.05) is 0 Å². The fourth-order valence-corrected chi connectivity index (χ4v) is 1.46. The van der Waals surface area contributed by atoms with Crippen LogP contribution in [0.1, 0.15) is 0 Å². The molecule has 3 N–H and O–H groups in total. The van der Waals surface area contributed by atoms with Crippen molar-refractivity contribution in [2.45, 2.75) is 0 Å². The molecule has 0 aliphatic rings. The van der Waals surface area contributed by atoms with Gasteiger partial charge in [0.25, 0.3) is 0 Å². The molecule has 0 saturated heterocycles. The Hall–Kier alpha value is -2.50. The molecule has 2 rings (SSSR count). The molecule has 0 bridgehead atoms. The van der Waals surface area contributed by atoms with Crippen molar-refractivity contribution in [3.8, 4) is 11.6 Å². The Balaban J connectivity index is 1.75. The molecular formula is C13H16N4O2. The molecule has 0 unspecified atom stereocenters. The van der Waals surface area contributed by atoms with Crippen LogP contribution in [0.25, 0.3) is 0 Å². The predicted octanol–water partition coefficient (Wildman–Crippen LogP) is 1.56. The van der Waals surface area contributed by atoms with E-state index < -0.39 is 0 Å². The summed E-state index contributed by atoms with van der Waals surface area (Å²) in [6.07, 6.45) is 1.45. The van der Waals surface area contributed by atoms with Crippen LogP contribution in [0, 0.1) is 0 Å². The first kappa shape index (κ1) is 12.9. The minimum Gasteiger partial charge on any atom is -0.492 e. The molecule has 0 saturated carbocycles. The highest BCUT2D eigenvalue weighted by atomic mass is 16.5. The summed E-state index contributed by atoms with van der Waals surface area (Å²) in [7, 11) is 1.57. The Labute approximate surface area is 111 Å². The average molecular weight is 260 g/mol. The number of nitrogens with zero attached hydrogens (tertiary/aromatic N) is 2. The number of hydrogen-bond acceptors (Lipinski definition) is 6. The fraction of sp³-hybridized carbons (Fsp3) is 0.231. The first-order valence-corrected chi connectivity index (χ1v) is 5.86. The lowest BCUT2D eigenvalue weighted by atomic mass is 10.3. The van der Waals surface area contributed by atoms with E-state index in [1.165, 1.54) is 6.33 Å². The number of aromatic nitrogens is 2. The van der Waals surface area contributed by atoms with Gasteiger partial charge in [0.15, 0.2) is 0 Å². The fourth-order valence-electron chi connectivity index (χ4n) is 1.46. The normalized spacial score (nSPS) is 9.95. The zero-order chi connectivity index (χ0) is 13.5. The molecule has 0 fully saturated rings. The maximum atomic E-state index is 5.59. The predicted molar refractivity (Wildman–Crippen MR) is 73.4 cm³/mol. The standard InChI is InChI=1S/C13H16N4O2/c1-18-13-8-12(16-9-17-13)15-6-7-19-11-4-2-10(14)3-5-11/h2-5,8-9H,6-7,14H2,1H3,(H,15,16,17). The van der Waals surface area contributed by atoms with Crippen molar-refractivity contribution in [2.75, 3.05) is 31.3 Å². The van der Waals surface area contributed by atoms with Crippen LogP contribution >= 0.6 is 0 Å². The van der Waals surface area contributed by atoms with Crippen LogP contribution in [-0.4, -0.2) is 30.2 Å². The van der Waals surface area contributed by atoms with Crippen molar-refractivity contribution in [1.29, 1.82) is 0 Å². The molecule has 0 radical (unpaired) electrons. The number of rotatable bonds is 6. The molecule has 100 valence electrons. The van der Waals surface area contributed by atoms with Gasteiger partial charge in [0.2, 0.25) is 5.88 Å². The van der Waals surface area contributed by atoms with Gasteiger partial charge in [-0.05, 0) is 24.3 Å². The van der Waals surface area contributed by atoms with E-state index in [9.17, 15) is 0 Å². The summed E-state index contributed by atoms with van der Waals surface area (Å²) in [5, 5.41) is 3.12. The number of benzene rings is 1. The summed E-state index contributed by atoms with van der Waals surface area (Å²) in [5.74, 6) is 2.01. The molecule has 2 aromatic rings. The van der Waals surface area contributed by atoms with E-state index in [1.807, 2.05) is 12.1 Å². The Morgan fingerprint density at radius 2 is 2.00 bits per heavy atom. The van der Waals surface area contributed by atoms with Crippen molar-refractivity contribution in [3.63, 3.8) is 0 Å². The number of methoxy groups -OCH3 is 1. The zero-order valence-electron chi connectivity index (χ0n) is 10.7. The van der Waals surface area contributed by atoms with E-state index in [2.05, 4.69) is 15.3 Å². The molecule has 1 heterocycles. The van der Waals surface area contributed by atoms with Crippen LogP contribution in [0.3, 0.4) is 0 Å². The molecule has 1 aromatic heterocycles. The molecule has 0 aliphatic carbocycles. The van der Waals surface area contributed by atoms with Crippen molar-refractivity contribution < 1.29 is 9.47 Å². The first-order chi connectivity index (χ1) is 9.28. The molecule has 6 heteroatoms. The van der Waals surface area contributed by atoms with Crippen LogP contribution < -0.4 is 20.5 Å². The Morgan fingerprint density at radius 3 is 2.74 bits per heavy atom. The number of anilines is 2. The van der Waals surface area contributed by atoms with Gasteiger partial charge in [-0.25, -0.2) is 9.97 Å². The van der Waals surface area contributed by atoms with Gasteiger partial charge < -0.3 is 20.5 Å². The lowest BCUT2D eigenvalue weighted by Gasteiger charge is -2.08. The van der Waals surface area contributed by atoms with E-state index in [4.69, 9.17) is 15.2 Å². The van der Waals surface area contributed by atoms with Crippen LogP contribution in [0.5, 0.6) is 11.6 Å². The van der Waals surface area contributed by atoms with Crippen molar-refractivity contribution >= 4 is 11.5 Å². The summed E-state index contributed by atoms with van der Waals surface area (Å²) in [6.45, 7) is 1.15. The van der Waals surface area contributed by atoms with Crippen molar-refractivity contribution in [1.82, 2.24) is 9.97 Å². The maximum absolute atomic E-state index is 5.59. The Morgan fingerprint density at radius 1 is 1.21 bits per heavy atom. The maximum Gasteiger partial charge on any atom is 0.218 e. The lowest BCUT2D eigenvalue weighted by Crippen LogP contribution is -2.12. The van der Waals surface area contributed by atoms with Gasteiger partial charge >= 0.3 is 0 Å². The van der Waals surface area contributed by atoms with Gasteiger partial charge in [0.05, 0.1) is 13.7 Å². The van der Waals surface area contributed by atoms with E-state index in [-0.39, 0.29) is 0 Å².